The third-order valence-corrected chi connectivity index (χ3v) is 3.65. The summed E-state index contributed by atoms with van der Waals surface area (Å²) in [4.78, 5) is 2.31. The summed E-state index contributed by atoms with van der Waals surface area (Å²) in [5.74, 6) is 1.31. The van der Waals surface area contributed by atoms with Gasteiger partial charge in [0.2, 0.25) is 0 Å². The second-order valence-corrected chi connectivity index (χ2v) is 5.35. The highest BCUT2D eigenvalue weighted by Gasteiger charge is 2.14. The van der Waals surface area contributed by atoms with Crippen LogP contribution in [0.3, 0.4) is 0 Å². The normalized spacial score (nSPS) is 12.8. The summed E-state index contributed by atoms with van der Waals surface area (Å²) in [6, 6.07) is 6.33. The Morgan fingerprint density at radius 2 is 2.00 bits per heavy atom. The average molecular weight is 263 g/mol. The molecular formula is C15H25N3O. The zero-order valence-electron chi connectivity index (χ0n) is 12.5. The van der Waals surface area contributed by atoms with Crippen molar-refractivity contribution in [2.45, 2.75) is 33.4 Å². The Balaban J connectivity index is 2.89. The van der Waals surface area contributed by atoms with Gasteiger partial charge in [-0.3, -0.25) is 10.3 Å². The third-order valence-electron chi connectivity index (χ3n) is 3.65. The van der Waals surface area contributed by atoms with E-state index in [9.17, 15) is 0 Å². The summed E-state index contributed by atoms with van der Waals surface area (Å²) in [6.45, 7) is 7.53. The minimum Gasteiger partial charge on any atom is -0.496 e. The molecule has 0 saturated heterocycles. The van der Waals surface area contributed by atoms with Crippen LogP contribution in [0.15, 0.2) is 18.2 Å². The summed E-state index contributed by atoms with van der Waals surface area (Å²) in [7, 11) is 3.72. The molecule has 0 aliphatic rings. The van der Waals surface area contributed by atoms with Crippen LogP contribution in [0.1, 0.15) is 31.9 Å². The Hall–Kier alpha value is -1.55. The van der Waals surface area contributed by atoms with E-state index in [2.05, 4.69) is 32.7 Å². The molecule has 0 bridgehead atoms. The van der Waals surface area contributed by atoms with E-state index in [4.69, 9.17) is 15.9 Å². The van der Waals surface area contributed by atoms with Crippen LogP contribution in [-0.2, 0) is 6.54 Å². The van der Waals surface area contributed by atoms with Gasteiger partial charge < -0.3 is 10.5 Å². The second kappa shape index (κ2) is 6.57. The molecule has 0 heterocycles. The Labute approximate surface area is 116 Å². The van der Waals surface area contributed by atoms with Crippen LogP contribution in [0.4, 0.5) is 0 Å². The van der Waals surface area contributed by atoms with E-state index in [1.165, 1.54) is 0 Å². The molecular weight excluding hydrogens is 238 g/mol. The number of nitrogen functional groups attached to an aromatic ring is 1. The first-order valence-corrected chi connectivity index (χ1v) is 6.58. The van der Waals surface area contributed by atoms with Crippen molar-refractivity contribution < 1.29 is 4.74 Å². The molecule has 4 nitrogen and oxygen atoms in total. The number of amidine groups is 1. The van der Waals surface area contributed by atoms with E-state index >= 15 is 0 Å². The first-order chi connectivity index (χ1) is 8.86. The van der Waals surface area contributed by atoms with Gasteiger partial charge in [-0.15, -0.1) is 0 Å². The van der Waals surface area contributed by atoms with Gasteiger partial charge >= 0.3 is 0 Å². The zero-order chi connectivity index (χ0) is 14.6. The fourth-order valence-corrected chi connectivity index (χ4v) is 2.00. The minimum absolute atomic E-state index is 0.0345. The first kappa shape index (κ1) is 15.5. The molecule has 19 heavy (non-hydrogen) atoms. The van der Waals surface area contributed by atoms with E-state index in [1.54, 1.807) is 7.11 Å². The quantitative estimate of drug-likeness (QED) is 0.612. The first-order valence-electron chi connectivity index (χ1n) is 6.58. The average Bonchev–Trinajstić information content (AvgIpc) is 2.36. The van der Waals surface area contributed by atoms with Gasteiger partial charge in [0.25, 0.3) is 0 Å². The minimum atomic E-state index is 0.0345. The second-order valence-electron chi connectivity index (χ2n) is 5.35. The largest absolute Gasteiger partial charge is 0.496 e. The van der Waals surface area contributed by atoms with Crippen molar-refractivity contribution in [2.24, 2.45) is 11.7 Å². The monoisotopic (exact) mass is 263 g/mol. The molecule has 0 saturated carbocycles. The fourth-order valence-electron chi connectivity index (χ4n) is 2.00. The van der Waals surface area contributed by atoms with Crippen molar-refractivity contribution in [3.05, 3.63) is 29.3 Å². The Kier molecular flexibility index (Phi) is 5.36. The molecule has 1 aromatic rings. The molecule has 1 atom stereocenters. The number of rotatable bonds is 6. The number of benzene rings is 1. The predicted molar refractivity (Wildman–Crippen MR) is 79.8 cm³/mol. The molecule has 0 aliphatic heterocycles. The molecule has 106 valence electrons. The van der Waals surface area contributed by atoms with Crippen molar-refractivity contribution in [3.8, 4) is 5.75 Å². The van der Waals surface area contributed by atoms with E-state index in [-0.39, 0.29) is 5.84 Å². The van der Waals surface area contributed by atoms with Crippen LogP contribution < -0.4 is 10.5 Å². The van der Waals surface area contributed by atoms with Crippen LogP contribution >= 0.6 is 0 Å². The molecule has 1 rings (SSSR count). The van der Waals surface area contributed by atoms with Crippen molar-refractivity contribution >= 4 is 5.84 Å². The number of hydrogen-bond donors (Lipinski definition) is 2. The number of hydrogen-bond acceptors (Lipinski definition) is 3. The maximum Gasteiger partial charge on any atom is 0.130 e. The van der Waals surface area contributed by atoms with Crippen molar-refractivity contribution in [1.82, 2.24) is 4.90 Å². The molecule has 0 fully saturated rings. The molecule has 1 aromatic carbocycles. The van der Waals surface area contributed by atoms with Gasteiger partial charge in [0.15, 0.2) is 0 Å². The Morgan fingerprint density at radius 3 is 2.47 bits per heavy atom. The van der Waals surface area contributed by atoms with Gasteiger partial charge in [0, 0.05) is 12.6 Å². The van der Waals surface area contributed by atoms with Crippen LogP contribution in [0, 0.1) is 11.3 Å². The van der Waals surface area contributed by atoms with Gasteiger partial charge in [-0.1, -0.05) is 19.9 Å². The molecule has 0 aliphatic carbocycles. The van der Waals surface area contributed by atoms with Crippen molar-refractivity contribution in [1.29, 1.82) is 5.41 Å². The SMILES string of the molecule is COc1cc(CN(C)C(C)C(C)C)ccc1C(=N)N. The van der Waals surface area contributed by atoms with Crippen LogP contribution in [0.5, 0.6) is 5.75 Å². The van der Waals surface area contributed by atoms with Gasteiger partial charge in [0.05, 0.1) is 12.7 Å². The van der Waals surface area contributed by atoms with Gasteiger partial charge in [0.1, 0.15) is 11.6 Å². The van der Waals surface area contributed by atoms with Crippen LogP contribution in [-0.4, -0.2) is 30.9 Å². The molecule has 3 N–H and O–H groups in total. The smallest absolute Gasteiger partial charge is 0.130 e. The Morgan fingerprint density at radius 1 is 1.37 bits per heavy atom. The third kappa shape index (κ3) is 3.96. The van der Waals surface area contributed by atoms with Crippen LogP contribution in [0.2, 0.25) is 0 Å². The maximum atomic E-state index is 7.50. The summed E-state index contributed by atoms with van der Waals surface area (Å²) in [5, 5.41) is 7.50. The number of ether oxygens (including phenoxy) is 1. The van der Waals surface area contributed by atoms with E-state index in [1.807, 2.05) is 18.2 Å². The predicted octanol–water partition coefficient (Wildman–Crippen LogP) is 2.46. The Bertz CT molecular complexity index is 443. The van der Waals surface area contributed by atoms with Crippen LogP contribution in [0.25, 0.3) is 0 Å². The maximum absolute atomic E-state index is 7.50. The van der Waals surface area contributed by atoms with Gasteiger partial charge in [-0.05, 0) is 37.6 Å². The van der Waals surface area contributed by atoms with E-state index in [0.717, 1.165) is 12.1 Å². The summed E-state index contributed by atoms with van der Waals surface area (Å²) < 4.78 is 5.30. The molecule has 0 spiro atoms. The molecule has 4 heteroatoms. The topological polar surface area (TPSA) is 62.3 Å². The lowest BCUT2D eigenvalue weighted by Crippen LogP contribution is -2.32. The number of methoxy groups -OCH3 is 1. The lowest BCUT2D eigenvalue weighted by atomic mass is 10.0. The van der Waals surface area contributed by atoms with Gasteiger partial charge in [-0.2, -0.15) is 0 Å². The highest BCUT2D eigenvalue weighted by molar-refractivity contribution is 5.97. The highest BCUT2D eigenvalue weighted by atomic mass is 16.5. The number of nitrogens with two attached hydrogens (primary N) is 1. The highest BCUT2D eigenvalue weighted by Crippen LogP contribution is 2.21. The molecule has 0 radical (unpaired) electrons. The summed E-state index contributed by atoms with van der Waals surface area (Å²) >= 11 is 0. The van der Waals surface area contributed by atoms with Crippen molar-refractivity contribution in [3.63, 3.8) is 0 Å². The van der Waals surface area contributed by atoms with E-state index < -0.39 is 0 Å². The molecule has 0 amide bonds. The number of nitrogens with one attached hydrogen (secondary N) is 1. The fraction of sp³-hybridized carbons (Fsp3) is 0.533. The number of nitrogens with zero attached hydrogens (tertiary/aromatic N) is 1. The van der Waals surface area contributed by atoms with E-state index in [0.29, 0.717) is 23.3 Å². The lowest BCUT2D eigenvalue weighted by Gasteiger charge is -2.28. The zero-order valence-corrected chi connectivity index (χ0v) is 12.5. The van der Waals surface area contributed by atoms with Crippen molar-refractivity contribution in [2.75, 3.05) is 14.2 Å². The molecule has 1 unspecified atom stereocenters. The molecule has 0 aromatic heterocycles. The lowest BCUT2D eigenvalue weighted by molar-refractivity contribution is 0.200. The summed E-state index contributed by atoms with van der Waals surface area (Å²) in [5.41, 5.74) is 7.33. The van der Waals surface area contributed by atoms with Gasteiger partial charge in [-0.25, -0.2) is 0 Å². The summed E-state index contributed by atoms with van der Waals surface area (Å²) in [6.07, 6.45) is 0. The standard InChI is InChI=1S/C15H25N3O/c1-10(2)11(3)18(4)9-12-6-7-13(15(16)17)14(8-12)19-5/h6-8,10-11H,9H2,1-5H3,(H3,16,17).